The number of aliphatic hydroxyl groups excluding tert-OH is 1. The second kappa shape index (κ2) is 5.61. The Hall–Kier alpha value is -2.08. The number of aliphatic imine (C=N–C) groups is 2. The SMILES string of the molecule is CC(O)c1ccccc1N1C(N)=NC(N)=NC12CCCCC2. The first-order valence-corrected chi connectivity index (χ1v) is 7.80. The number of benzene rings is 1. The third kappa shape index (κ3) is 2.43. The Balaban J connectivity index is 2.12. The van der Waals surface area contributed by atoms with Gasteiger partial charge in [0, 0.05) is 5.56 Å². The summed E-state index contributed by atoms with van der Waals surface area (Å²) in [6.07, 6.45) is 4.54. The number of anilines is 1. The topological polar surface area (TPSA) is 100 Å². The fraction of sp³-hybridized carbons (Fsp3) is 0.500. The molecule has 0 saturated heterocycles. The summed E-state index contributed by atoms with van der Waals surface area (Å²) >= 11 is 0. The first-order valence-electron chi connectivity index (χ1n) is 7.80. The van der Waals surface area contributed by atoms with Crippen LogP contribution in [0.2, 0.25) is 0 Å². The Morgan fingerprint density at radius 2 is 1.86 bits per heavy atom. The molecule has 2 aliphatic rings. The zero-order valence-corrected chi connectivity index (χ0v) is 12.9. The minimum atomic E-state index is -0.590. The molecule has 1 heterocycles. The molecule has 1 atom stereocenters. The van der Waals surface area contributed by atoms with E-state index in [0.717, 1.165) is 36.9 Å². The van der Waals surface area contributed by atoms with Gasteiger partial charge in [-0.25, -0.2) is 4.99 Å². The van der Waals surface area contributed by atoms with Crippen LogP contribution in [0.15, 0.2) is 34.3 Å². The highest BCUT2D eigenvalue weighted by Gasteiger charge is 2.43. The fourth-order valence-electron chi connectivity index (χ4n) is 3.51. The number of rotatable bonds is 2. The van der Waals surface area contributed by atoms with Crippen LogP contribution in [0.3, 0.4) is 0 Å². The molecule has 22 heavy (non-hydrogen) atoms. The molecular formula is C16H23N5O. The van der Waals surface area contributed by atoms with Gasteiger partial charge in [-0.1, -0.05) is 24.6 Å². The first-order chi connectivity index (χ1) is 10.5. The minimum Gasteiger partial charge on any atom is -0.389 e. The monoisotopic (exact) mass is 301 g/mol. The molecule has 1 aromatic rings. The lowest BCUT2D eigenvalue weighted by atomic mass is 9.86. The van der Waals surface area contributed by atoms with Gasteiger partial charge in [-0.15, -0.1) is 0 Å². The Kier molecular flexibility index (Phi) is 3.78. The predicted molar refractivity (Wildman–Crippen MR) is 88.6 cm³/mol. The van der Waals surface area contributed by atoms with Gasteiger partial charge in [-0.3, -0.25) is 4.90 Å². The van der Waals surface area contributed by atoms with Crippen molar-refractivity contribution in [3.63, 3.8) is 0 Å². The Bertz CT molecular complexity index is 617. The van der Waals surface area contributed by atoms with E-state index in [1.165, 1.54) is 6.42 Å². The third-order valence-electron chi connectivity index (χ3n) is 4.48. The van der Waals surface area contributed by atoms with Crippen molar-refractivity contribution >= 4 is 17.6 Å². The van der Waals surface area contributed by atoms with E-state index in [1.54, 1.807) is 6.92 Å². The van der Waals surface area contributed by atoms with Gasteiger partial charge in [0.2, 0.25) is 11.9 Å². The third-order valence-corrected chi connectivity index (χ3v) is 4.48. The van der Waals surface area contributed by atoms with Crippen LogP contribution in [0.4, 0.5) is 5.69 Å². The van der Waals surface area contributed by atoms with Crippen molar-refractivity contribution in [2.24, 2.45) is 21.5 Å². The average molecular weight is 301 g/mol. The molecule has 1 fully saturated rings. The number of hydrogen-bond acceptors (Lipinski definition) is 6. The largest absolute Gasteiger partial charge is 0.389 e. The molecule has 6 nitrogen and oxygen atoms in total. The lowest BCUT2D eigenvalue weighted by molar-refractivity contribution is 0.199. The van der Waals surface area contributed by atoms with E-state index in [-0.39, 0.29) is 5.96 Å². The molecule has 1 unspecified atom stereocenters. The molecule has 0 radical (unpaired) electrons. The van der Waals surface area contributed by atoms with Gasteiger partial charge in [0.25, 0.3) is 0 Å². The van der Waals surface area contributed by atoms with Gasteiger partial charge < -0.3 is 16.6 Å². The summed E-state index contributed by atoms with van der Waals surface area (Å²) in [7, 11) is 0. The number of guanidine groups is 2. The van der Waals surface area contributed by atoms with Crippen LogP contribution >= 0.6 is 0 Å². The molecule has 5 N–H and O–H groups in total. The Morgan fingerprint density at radius 1 is 1.18 bits per heavy atom. The van der Waals surface area contributed by atoms with Crippen LogP contribution in [0, 0.1) is 0 Å². The standard InChI is InChI=1S/C16H23N5O/c1-11(22)12-7-3-4-8-13(12)21-15(18)19-14(17)20-16(21)9-5-2-6-10-16/h3-4,7-8,11,22H,2,5-6,9-10H2,1H3,(H4,17,18,19,20). The molecule has 1 aliphatic heterocycles. The van der Waals surface area contributed by atoms with Gasteiger partial charge in [0.05, 0.1) is 11.8 Å². The van der Waals surface area contributed by atoms with Crippen molar-refractivity contribution < 1.29 is 5.11 Å². The van der Waals surface area contributed by atoms with E-state index in [2.05, 4.69) is 9.98 Å². The molecule has 1 spiro atoms. The summed E-state index contributed by atoms with van der Waals surface area (Å²) in [5.41, 5.74) is 13.3. The van der Waals surface area contributed by atoms with Crippen LogP contribution in [0.5, 0.6) is 0 Å². The molecule has 118 valence electrons. The van der Waals surface area contributed by atoms with Crippen molar-refractivity contribution in [1.29, 1.82) is 0 Å². The van der Waals surface area contributed by atoms with Gasteiger partial charge in [-0.2, -0.15) is 4.99 Å². The average Bonchev–Trinajstić information content (AvgIpc) is 2.47. The highest BCUT2D eigenvalue weighted by atomic mass is 16.3. The van der Waals surface area contributed by atoms with E-state index in [9.17, 15) is 5.11 Å². The van der Waals surface area contributed by atoms with Crippen LogP contribution in [-0.4, -0.2) is 22.7 Å². The van der Waals surface area contributed by atoms with Gasteiger partial charge in [-0.05, 0) is 38.7 Å². The maximum Gasteiger partial charge on any atom is 0.220 e. The lowest BCUT2D eigenvalue weighted by Crippen LogP contribution is -2.58. The summed E-state index contributed by atoms with van der Waals surface area (Å²) < 4.78 is 0. The van der Waals surface area contributed by atoms with E-state index in [0.29, 0.717) is 5.96 Å². The molecule has 0 amide bonds. The minimum absolute atomic E-state index is 0.241. The number of nitrogens with zero attached hydrogens (tertiary/aromatic N) is 3. The van der Waals surface area contributed by atoms with E-state index in [1.807, 2.05) is 29.2 Å². The zero-order chi connectivity index (χ0) is 15.7. The van der Waals surface area contributed by atoms with Gasteiger partial charge >= 0.3 is 0 Å². The molecule has 1 aliphatic carbocycles. The van der Waals surface area contributed by atoms with Gasteiger partial charge in [0.15, 0.2) is 0 Å². The number of nitrogens with two attached hydrogens (primary N) is 2. The zero-order valence-electron chi connectivity index (χ0n) is 12.9. The van der Waals surface area contributed by atoms with Crippen molar-refractivity contribution in [2.45, 2.75) is 50.8 Å². The number of aliphatic hydroxyl groups is 1. The quantitative estimate of drug-likeness (QED) is 0.776. The van der Waals surface area contributed by atoms with Crippen molar-refractivity contribution in [3.8, 4) is 0 Å². The highest BCUT2D eigenvalue weighted by Crippen LogP contribution is 2.41. The maximum atomic E-state index is 10.1. The Morgan fingerprint density at radius 3 is 2.55 bits per heavy atom. The van der Waals surface area contributed by atoms with E-state index >= 15 is 0 Å². The lowest BCUT2D eigenvalue weighted by Gasteiger charge is -2.46. The first kappa shape index (κ1) is 14.8. The normalized spacial score (nSPS) is 22.2. The van der Waals surface area contributed by atoms with Crippen LogP contribution in [-0.2, 0) is 0 Å². The summed E-state index contributed by atoms with van der Waals surface area (Å²) in [5, 5.41) is 10.1. The van der Waals surface area contributed by atoms with Crippen molar-refractivity contribution in [3.05, 3.63) is 29.8 Å². The molecule has 0 bridgehead atoms. The number of para-hydroxylation sites is 1. The van der Waals surface area contributed by atoms with Crippen LogP contribution in [0.25, 0.3) is 0 Å². The summed E-state index contributed by atoms with van der Waals surface area (Å²) in [6, 6.07) is 7.71. The second-order valence-electron chi connectivity index (χ2n) is 6.05. The van der Waals surface area contributed by atoms with Crippen molar-refractivity contribution in [2.75, 3.05) is 4.90 Å². The summed E-state index contributed by atoms with van der Waals surface area (Å²) in [5.74, 6) is 0.590. The van der Waals surface area contributed by atoms with Gasteiger partial charge in [0.1, 0.15) is 5.66 Å². The number of hydrogen-bond donors (Lipinski definition) is 3. The smallest absolute Gasteiger partial charge is 0.220 e. The van der Waals surface area contributed by atoms with E-state index < -0.39 is 11.8 Å². The molecular weight excluding hydrogens is 278 g/mol. The Labute approximate surface area is 130 Å². The fourth-order valence-corrected chi connectivity index (χ4v) is 3.51. The van der Waals surface area contributed by atoms with Crippen LogP contribution in [0.1, 0.15) is 50.7 Å². The summed E-state index contributed by atoms with van der Waals surface area (Å²) in [4.78, 5) is 10.8. The maximum absolute atomic E-state index is 10.1. The van der Waals surface area contributed by atoms with E-state index in [4.69, 9.17) is 11.5 Å². The van der Waals surface area contributed by atoms with Crippen LogP contribution < -0.4 is 16.4 Å². The second-order valence-corrected chi connectivity index (χ2v) is 6.05. The molecule has 1 saturated carbocycles. The summed E-state index contributed by atoms with van der Waals surface area (Å²) in [6.45, 7) is 1.75. The van der Waals surface area contributed by atoms with Crippen molar-refractivity contribution in [1.82, 2.24) is 0 Å². The molecule has 0 aromatic heterocycles. The predicted octanol–water partition coefficient (Wildman–Crippen LogP) is 1.85. The molecule has 1 aromatic carbocycles. The molecule has 3 rings (SSSR count). The molecule has 6 heteroatoms. The highest BCUT2D eigenvalue weighted by molar-refractivity contribution is 6.06.